The van der Waals surface area contributed by atoms with E-state index in [0.717, 1.165) is 0 Å². The lowest BCUT2D eigenvalue weighted by molar-refractivity contribution is -0.139. The van der Waals surface area contributed by atoms with Gasteiger partial charge in [0.15, 0.2) is 6.04 Å². The molecule has 6 heteroatoms. The zero-order valence-corrected chi connectivity index (χ0v) is 11.2. The standard InChI is InChI=1S/C14H15N3O3/c1-8-11(9(2)17-16-8)13(18)15-12(14(19)20)10-6-4-3-5-7-10/h3-7,12H,1-2H3,(H,15,18)(H,16,17)(H,19,20)/t12-/m1/s1. The predicted molar refractivity (Wildman–Crippen MR) is 72.3 cm³/mol. The van der Waals surface area contributed by atoms with Crippen molar-refractivity contribution in [3.63, 3.8) is 0 Å². The van der Waals surface area contributed by atoms with Gasteiger partial charge in [-0.2, -0.15) is 5.10 Å². The van der Waals surface area contributed by atoms with E-state index >= 15 is 0 Å². The van der Waals surface area contributed by atoms with Crippen molar-refractivity contribution < 1.29 is 14.7 Å². The van der Waals surface area contributed by atoms with Crippen molar-refractivity contribution in [1.29, 1.82) is 0 Å². The van der Waals surface area contributed by atoms with Gasteiger partial charge < -0.3 is 10.4 Å². The number of nitrogens with one attached hydrogen (secondary N) is 2. The fraction of sp³-hybridized carbons (Fsp3) is 0.214. The number of amides is 1. The molecule has 0 bridgehead atoms. The molecule has 3 N–H and O–H groups in total. The van der Waals surface area contributed by atoms with Gasteiger partial charge in [-0.3, -0.25) is 9.89 Å². The maximum Gasteiger partial charge on any atom is 0.330 e. The molecule has 0 saturated carbocycles. The number of benzene rings is 1. The molecule has 20 heavy (non-hydrogen) atoms. The summed E-state index contributed by atoms with van der Waals surface area (Å²) in [5.41, 5.74) is 2.05. The number of rotatable bonds is 4. The minimum Gasteiger partial charge on any atom is -0.479 e. The summed E-state index contributed by atoms with van der Waals surface area (Å²) in [6.45, 7) is 3.41. The van der Waals surface area contributed by atoms with Crippen LogP contribution in [-0.2, 0) is 4.79 Å². The molecule has 1 aromatic carbocycles. The third kappa shape index (κ3) is 2.69. The Bertz CT molecular complexity index is 615. The number of aliphatic carboxylic acids is 1. The normalized spacial score (nSPS) is 11.9. The van der Waals surface area contributed by atoms with Crippen LogP contribution < -0.4 is 5.32 Å². The third-order valence-electron chi connectivity index (χ3n) is 3.01. The van der Waals surface area contributed by atoms with Crippen molar-refractivity contribution in [2.24, 2.45) is 0 Å². The minimum absolute atomic E-state index is 0.382. The van der Waals surface area contributed by atoms with Gasteiger partial charge >= 0.3 is 5.97 Å². The summed E-state index contributed by atoms with van der Waals surface area (Å²) in [6, 6.07) is 7.48. The van der Waals surface area contributed by atoms with Crippen LogP contribution >= 0.6 is 0 Å². The van der Waals surface area contributed by atoms with Crippen molar-refractivity contribution in [3.05, 3.63) is 52.8 Å². The SMILES string of the molecule is Cc1n[nH]c(C)c1C(=O)N[C@@H](C(=O)O)c1ccccc1. The Balaban J connectivity index is 2.26. The van der Waals surface area contributed by atoms with Gasteiger partial charge in [-0.15, -0.1) is 0 Å². The molecule has 1 atom stereocenters. The number of aromatic amines is 1. The number of aromatic nitrogens is 2. The Labute approximate surface area is 115 Å². The van der Waals surface area contributed by atoms with Crippen molar-refractivity contribution in [1.82, 2.24) is 15.5 Å². The number of carboxylic acids is 1. The summed E-state index contributed by atoms with van der Waals surface area (Å²) in [7, 11) is 0. The van der Waals surface area contributed by atoms with Crippen LogP contribution in [0.3, 0.4) is 0 Å². The highest BCUT2D eigenvalue weighted by Gasteiger charge is 2.24. The fourth-order valence-corrected chi connectivity index (χ4v) is 2.02. The van der Waals surface area contributed by atoms with Crippen molar-refractivity contribution in [2.45, 2.75) is 19.9 Å². The second-order valence-corrected chi connectivity index (χ2v) is 4.46. The van der Waals surface area contributed by atoms with Crippen LogP contribution in [0, 0.1) is 13.8 Å². The lowest BCUT2D eigenvalue weighted by atomic mass is 10.1. The van der Waals surface area contributed by atoms with Crippen molar-refractivity contribution >= 4 is 11.9 Å². The monoisotopic (exact) mass is 273 g/mol. The zero-order valence-electron chi connectivity index (χ0n) is 11.2. The molecule has 1 heterocycles. The Hall–Kier alpha value is -2.63. The number of nitrogens with zero attached hydrogens (tertiary/aromatic N) is 1. The molecule has 0 saturated heterocycles. The molecule has 0 fully saturated rings. The Morgan fingerprint density at radius 2 is 1.90 bits per heavy atom. The maximum atomic E-state index is 12.2. The molecule has 0 spiro atoms. The number of carboxylic acid groups (broad SMARTS) is 1. The topological polar surface area (TPSA) is 95.1 Å². The molecule has 6 nitrogen and oxygen atoms in total. The van der Waals surface area contributed by atoms with Gasteiger partial charge in [-0.05, 0) is 19.4 Å². The van der Waals surface area contributed by atoms with Gasteiger partial charge in [0, 0.05) is 5.69 Å². The Morgan fingerprint density at radius 3 is 2.40 bits per heavy atom. The number of hydrogen-bond acceptors (Lipinski definition) is 3. The van der Waals surface area contributed by atoms with E-state index in [1.807, 2.05) is 0 Å². The summed E-state index contributed by atoms with van der Waals surface area (Å²) >= 11 is 0. The average Bonchev–Trinajstić information content (AvgIpc) is 2.76. The lowest BCUT2D eigenvalue weighted by Crippen LogP contribution is -2.34. The van der Waals surface area contributed by atoms with Gasteiger partial charge in [-0.25, -0.2) is 4.79 Å². The van der Waals surface area contributed by atoms with Crippen LogP contribution in [0.25, 0.3) is 0 Å². The number of H-pyrrole nitrogens is 1. The van der Waals surface area contributed by atoms with E-state index in [-0.39, 0.29) is 0 Å². The number of carbonyl (C=O) groups excluding carboxylic acids is 1. The Morgan fingerprint density at radius 1 is 1.25 bits per heavy atom. The molecule has 2 aromatic rings. The molecule has 1 amide bonds. The molecule has 0 aliphatic heterocycles. The fourth-order valence-electron chi connectivity index (χ4n) is 2.02. The molecular weight excluding hydrogens is 258 g/mol. The van der Waals surface area contributed by atoms with Crippen molar-refractivity contribution in [2.75, 3.05) is 0 Å². The van der Waals surface area contributed by atoms with Gasteiger partial charge in [0.1, 0.15) is 0 Å². The van der Waals surface area contributed by atoms with Gasteiger partial charge in [0.2, 0.25) is 0 Å². The summed E-state index contributed by atoms with van der Waals surface area (Å²) in [6.07, 6.45) is 0. The van der Waals surface area contributed by atoms with Crippen LogP contribution in [0.1, 0.15) is 33.4 Å². The largest absolute Gasteiger partial charge is 0.479 e. The highest BCUT2D eigenvalue weighted by Crippen LogP contribution is 2.15. The van der Waals surface area contributed by atoms with Gasteiger partial charge in [0.25, 0.3) is 5.91 Å². The predicted octanol–water partition coefficient (Wildman–Crippen LogP) is 1.58. The first-order chi connectivity index (χ1) is 9.50. The summed E-state index contributed by atoms with van der Waals surface area (Å²) in [4.78, 5) is 23.5. The molecule has 104 valence electrons. The molecule has 2 rings (SSSR count). The minimum atomic E-state index is -1.11. The van der Waals surface area contributed by atoms with Crippen LogP contribution in [0.2, 0.25) is 0 Å². The van der Waals surface area contributed by atoms with Crippen molar-refractivity contribution in [3.8, 4) is 0 Å². The molecule has 0 aliphatic rings. The molecule has 1 aromatic heterocycles. The Kier molecular flexibility index (Phi) is 3.84. The second-order valence-electron chi connectivity index (χ2n) is 4.46. The molecule has 0 radical (unpaired) electrons. The van der Waals surface area contributed by atoms with E-state index < -0.39 is 17.9 Å². The average molecular weight is 273 g/mol. The molecule has 0 aliphatic carbocycles. The van der Waals surface area contributed by atoms with Crippen LogP contribution in [-0.4, -0.2) is 27.2 Å². The summed E-state index contributed by atoms with van der Waals surface area (Å²) < 4.78 is 0. The molecule has 0 unspecified atom stereocenters. The van der Waals surface area contributed by atoms with Gasteiger partial charge in [-0.1, -0.05) is 30.3 Å². The van der Waals surface area contributed by atoms with E-state index in [4.69, 9.17) is 0 Å². The van der Waals surface area contributed by atoms with Gasteiger partial charge in [0.05, 0.1) is 11.3 Å². The number of hydrogen-bond donors (Lipinski definition) is 3. The zero-order chi connectivity index (χ0) is 14.7. The highest BCUT2D eigenvalue weighted by molar-refractivity contribution is 5.98. The van der Waals surface area contributed by atoms with E-state index in [1.165, 1.54) is 0 Å². The highest BCUT2D eigenvalue weighted by atomic mass is 16.4. The van der Waals surface area contributed by atoms with Crippen LogP contribution in [0.4, 0.5) is 0 Å². The van der Waals surface area contributed by atoms with Crippen LogP contribution in [0.15, 0.2) is 30.3 Å². The second kappa shape index (κ2) is 5.56. The quantitative estimate of drug-likeness (QED) is 0.788. The summed E-state index contributed by atoms with van der Waals surface area (Å²) in [5.74, 6) is -1.56. The van der Waals surface area contributed by atoms with E-state index in [1.54, 1.807) is 44.2 Å². The number of aryl methyl sites for hydroxylation is 2. The lowest BCUT2D eigenvalue weighted by Gasteiger charge is -2.15. The maximum absolute atomic E-state index is 12.2. The first kappa shape index (κ1) is 13.8. The van der Waals surface area contributed by atoms with Crippen LogP contribution in [0.5, 0.6) is 0 Å². The third-order valence-corrected chi connectivity index (χ3v) is 3.01. The van der Waals surface area contributed by atoms with E-state index in [9.17, 15) is 14.7 Å². The summed E-state index contributed by atoms with van der Waals surface area (Å²) in [5, 5.41) is 18.4. The first-order valence-electron chi connectivity index (χ1n) is 6.11. The smallest absolute Gasteiger partial charge is 0.330 e. The molecular formula is C14H15N3O3. The number of carbonyl (C=O) groups is 2. The van der Waals surface area contributed by atoms with E-state index in [0.29, 0.717) is 22.5 Å². The first-order valence-corrected chi connectivity index (χ1v) is 6.11. The van der Waals surface area contributed by atoms with E-state index in [2.05, 4.69) is 15.5 Å².